The van der Waals surface area contributed by atoms with Crippen molar-refractivity contribution < 1.29 is 23.7 Å². The van der Waals surface area contributed by atoms with Gasteiger partial charge in [-0.15, -0.1) is 5.10 Å². The quantitative estimate of drug-likeness (QED) is 0.716. The Bertz CT molecular complexity index is 857. The van der Waals surface area contributed by atoms with Crippen molar-refractivity contribution in [3.63, 3.8) is 0 Å². The van der Waals surface area contributed by atoms with Crippen LogP contribution in [0.4, 0.5) is 0 Å². The molecular formula is C19H19BrN2O5. The molecule has 27 heavy (non-hydrogen) atoms. The van der Waals surface area contributed by atoms with Gasteiger partial charge in [0.05, 0.1) is 21.3 Å². The van der Waals surface area contributed by atoms with Crippen LogP contribution < -0.4 is 14.2 Å². The van der Waals surface area contributed by atoms with Gasteiger partial charge in [-0.2, -0.15) is 5.01 Å². The summed E-state index contributed by atoms with van der Waals surface area (Å²) in [5.74, 6) is 1.51. The molecule has 0 N–H and O–H groups in total. The maximum absolute atomic E-state index is 12.1. The maximum Gasteiger partial charge on any atom is 0.243 e. The average Bonchev–Trinajstić information content (AvgIpc) is 3.13. The molecule has 2 aromatic carbocycles. The Morgan fingerprint density at radius 2 is 1.67 bits per heavy atom. The van der Waals surface area contributed by atoms with Crippen LogP contribution in [0.5, 0.6) is 17.2 Å². The topological polar surface area (TPSA) is 69.6 Å². The van der Waals surface area contributed by atoms with Crippen LogP contribution in [0.25, 0.3) is 0 Å². The van der Waals surface area contributed by atoms with Gasteiger partial charge in [0.15, 0.2) is 11.5 Å². The number of hydrazone groups is 1. The first-order chi connectivity index (χ1) is 13.0. The van der Waals surface area contributed by atoms with E-state index < -0.39 is 6.23 Å². The average molecular weight is 435 g/mol. The van der Waals surface area contributed by atoms with Gasteiger partial charge in [-0.3, -0.25) is 4.79 Å². The monoisotopic (exact) mass is 434 g/mol. The summed E-state index contributed by atoms with van der Waals surface area (Å²) in [7, 11) is 4.59. The van der Waals surface area contributed by atoms with Gasteiger partial charge < -0.3 is 18.9 Å². The van der Waals surface area contributed by atoms with Crippen molar-refractivity contribution in [2.24, 2.45) is 5.10 Å². The molecule has 0 saturated heterocycles. The van der Waals surface area contributed by atoms with E-state index in [0.29, 0.717) is 28.7 Å². The molecule has 1 unspecified atom stereocenters. The Hall–Kier alpha value is -2.74. The second kappa shape index (κ2) is 7.87. The lowest BCUT2D eigenvalue weighted by atomic mass is 10.1. The number of rotatable bonds is 5. The third-order valence-corrected chi connectivity index (χ3v) is 4.56. The molecule has 0 bridgehead atoms. The number of hydrogen-bond donors (Lipinski definition) is 0. The van der Waals surface area contributed by atoms with Crippen molar-refractivity contribution in [1.82, 2.24) is 5.01 Å². The second-order valence-corrected chi connectivity index (χ2v) is 6.62. The summed E-state index contributed by atoms with van der Waals surface area (Å²) in [5.41, 5.74) is 1.41. The number of amides is 1. The van der Waals surface area contributed by atoms with E-state index in [9.17, 15) is 4.79 Å². The van der Waals surface area contributed by atoms with Crippen LogP contribution in [0.2, 0.25) is 0 Å². The van der Waals surface area contributed by atoms with E-state index in [1.165, 1.54) is 33.3 Å². The minimum absolute atomic E-state index is 0.249. The van der Waals surface area contributed by atoms with Gasteiger partial charge in [-0.05, 0) is 36.4 Å². The number of nitrogens with zero attached hydrogens (tertiary/aromatic N) is 2. The number of methoxy groups -OCH3 is 3. The van der Waals surface area contributed by atoms with Crippen molar-refractivity contribution in [3.05, 3.63) is 52.0 Å². The number of ether oxygens (including phenoxy) is 4. The van der Waals surface area contributed by atoms with E-state index in [1.807, 2.05) is 24.3 Å². The van der Waals surface area contributed by atoms with E-state index in [1.54, 1.807) is 12.1 Å². The van der Waals surface area contributed by atoms with E-state index in [-0.39, 0.29) is 5.91 Å². The highest BCUT2D eigenvalue weighted by Crippen LogP contribution is 2.42. The summed E-state index contributed by atoms with van der Waals surface area (Å²) >= 11 is 3.40. The molecule has 1 aliphatic rings. The first-order valence-corrected chi connectivity index (χ1v) is 8.88. The van der Waals surface area contributed by atoms with Gasteiger partial charge in [-0.1, -0.05) is 15.9 Å². The molecule has 142 valence electrons. The number of benzene rings is 2. The third kappa shape index (κ3) is 3.71. The van der Waals surface area contributed by atoms with E-state index in [4.69, 9.17) is 18.9 Å². The summed E-state index contributed by atoms with van der Waals surface area (Å²) < 4.78 is 23.1. The van der Waals surface area contributed by atoms with Crippen molar-refractivity contribution in [3.8, 4) is 17.2 Å². The van der Waals surface area contributed by atoms with E-state index >= 15 is 0 Å². The predicted molar refractivity (Wildman–Crippen MR) is 103 cm³/mol. The van der Waals surface area contributed by atoms with Crippen molar-refractivity contribution in [2.45, 2.75) is 13.2 Å². The van der Waals surface area contributed by atoms with Gasteiger partial charge in [0.1, 0.15) is 0 Å². The van der Waals surface area contributed by atoms with Crippen LogP contribution in [-0.2, 0) is 9.53 Å². The second-order valence-electron chi connectivity index (χ2n) is 5.70. The molecule has 1 aliphatic heterocycles. The summed E-state index contributed by atoms with van der Waals surface area (Å²) in [6.45, 7) is 1.43. The number of hydrogen-bond acceptors (Lipinski definition) is 6. The van der Waals surface area contributed by atoms with Crippen molar-refractivity contribution in [2.75, 3.05) is 21.3 Å². The number of carbonyl (C=O) groups excluding carboxylic acids is 1. The highest BCUT2D eigenvalue weighted by atomic mass is 79.9. The molecule has 1 atom stereocenters. The molecule has 0 spiro atoms. The van der Waals surface area contributed by atoms with Crippen LogP contribution in [0.1, 0.15) is 24.3 Å². The molecular weight excluding hydrogens is 416 g/mol. The smallest absolute Gasteiger partial charge is 0.243 e. The fourth-order valence-corrected chi connectivity index (χ4v) is 3.00. The molecule has 3 rings (SSSR count). The SMILES string of the molecule is COc1cc(C2OC(c3ccc(Br)cc3)=NN2C(C)=O)cc(OC)c1OC. The lowest BCUT2D eigenvalue weighted by Gasteiger charge is -2.21. The lowest BCUT2D eigenvalue weighted by Crippen LogP contribution is -2.25. The Balaban J connectivity index is 2.01. The first kappa shape index (κ1) is 19.0. The number of carbonyl (C=O) groups is 1. The molecule has 0 saturated carbocycles. The van der Waals surface area contributed by atoms with Crippen LogP contribution >= 0.6 is 15.9 Å². The van der Waals surface area contributed by atoms with Gasteiger partial charge in [0.2, 0.25) is 23.8 Å². The minimum atomic E-state index is -0.741. The van der Waals surface area contributed by atoms with Gasteiger partial charge >= 0.3 is 0 Å². The fraction of sp³-hybridized carbons (Fsp3) is 0.263. The molecule has 1 heterocycles. The van der Waals surface area contributed by atoms with Crippen LogP contribution in [0.3, 0.4) is 0 Å². The maximum atomic E-state index is 12.1. The highest BCUT2D eigenvalue weighted by Gasteiger charge is 2.34. The Morgan fingerprint density at radius 1 is 1.07 bits per heavy atom. The zero-order chi connectivity index (χ0) is 19.6. The molecule has 0 radical (unpaired) electrons. The van der Waals surface area contributed by atoms with Gasteiger partial charge in [0, 0.05) is 22.5 Å². The van der Waals surface area contributed by atoms with Gasteiger partial charge in [-0.25, -0.2) is 0 Å². The van der Waals surface area contributed by atoms with E-state index in [2.05, 4.69) is 21.0 Å². The Kier molecular flexibility index (Phi) is 5.55. The molecule has 2 aromatic rings. The molecule has 8 heteroatoms. The lowest BCUT2D eigenvalue weighted by molar-refractivity contribution is -0.135. The summed E-state index contributed by atoms with van der Waals surface area (Å²) in [6, 6.07) is 11.0. The summed E-state index contributed by atoms with van der Waals surface area (Å²) in [6.07, 6.45) is -0.741. The number of halogens is 1. The Morgan fingerprint density at radius 3 is 2.15 bits per heavy atom. The summed E-state index contributed by atoms with van der Waals surface area (Å²) in [4.78, 5) is 12.1. The molecule has 1 amide bonds. The minimum Gasteiger partial charge on any atom is -0.493 e. The Labute approximate surface area is 165 Å². The predicted octanol–water partition coefficient (Wildman–Crippen LogP) is 3.71. The van der Waals surface area contributed by atoms with Gasteiger partial charge in [0.25, 0.3) is 0 Å². The van der Waals surface area contributed by atoms with Crippen LogP contribution in [0, 0.1) is 0 Å². The van der Waals surface area contributed by atoms with Crippen LogP contribution in [0.15, 0.2) is 46.0 Å². The molecule has 7 nitrogen and oxygen atoms in total. The van der Waals surface area contributed by atoms with Crippen LogP contribution in [-0.4, -0.2) is 38.1 Å². The molecule has 0 aromatic heterocycles. The standard InChI is InChI=1S/C19H19BrN2O5/c1-11(23)22-19(27-18(21-22)12-5-7-14(20)8-6-12)13-9-15(24-2)17(26-4)16(10-13)25-3/h5-10,19H,1-4H3. The zero-order valence-corrected chi connectivity index (χ0v) is 16.9. The largest absolute Gasteiger partial charge is 0.493 e. The molecule has 0 fully saturated rings. The zero-order valence-electron chi connectivity index (χ0n) is 15.4. The fourth-order valence-electron chi connectivity index (χ4n) is 2.74. The summed E-state index contributed by atoms with van der Waals surface area (Å²) in [5, 5.41) is 5.64. The molecule has 0 aliphatic carbocycles. The van der Waals surface area contributed by atoms with Crippen molar-refractivity contribution >= 4 is 27.7 Å². The first-order valence-electron chi connectivity index (χ1n) is 8.09. The highest BCUT2D eigenvalue weighted by molar-refractivity contribution is 9.10. The van der Waals surface area contributed by atoms with Crippen molar-refractivity contribution in [1.29, 1.82) is 0 Å². The normalized spacial score (nSPS) is 15.8. The van der Waals surface area contributed by atoms with E-state index in [0.717, 1.165) is 10.0 Å². The third-order valence-electron chi connectivity index (χ3n) is 4.03.